The second-order valence-corrected chi connectivity index (χ2v) is 7.49. The lowest BCUT2D eigenvalue weighted by Crippen LogP contribution is -2.12. The molecule has 0 atom stereocenters. The van der Waals surface area contributed by atoms with Gasteiger partial charge >= 0.3 is 11.9 Å². The summed E-state index contributed by atoms with van der Waals surface area (Å²) in [5, 5.41) is 0. The molecule has 3 rings (SSSR count). The highest BCUT2D eigenvalue weighted by Gasteiger charge is 2.19. The van der Waals surface area contributed by atoms with Crippen LogP contribution in [0.4, 0.5) is 0 Å². The molecule has 0 spiro atoms. The number of ketones is 1. The van der Waals surface area contributed by atoms with Gasteiger partial charge in [-0.05, 0) is 59.5 Å². The summed E-state index contributed by atoms with van der Waals surface area (Å²) in [5.41, 5.74) is 4.91. The van der Waals surface area contributed by atoms with E-state index in [-0.39, 0.29) is 23.5 Å². The molecule has 0 aromatic heterocycles. The van der Waals surface area contributed by atoms with Gasteiger partial charge in [0.15, 0.2) is 5.78 Å². The van der Waals surface area contributed by atoms with Crippen molar-refractivity contribution in [1.29, 1.82) is 0 Å². The third-order valence-electron chi connectivity index (χ3n) is 5.31. The third-order valence-corrected chi connectivity index (χ3v) is 5.31. The molecule has 0 aliphatic rings. The number of carbonyl (C=O) groups excluding carboxylic acids is 3. The predicted molar refractivity (Wildman–Crippen MR) is 125 cm³/mol. The molecule has 6 nitrogen and oxygen atoms in total. The molecule has 0 heterocycles. The Balaban J connectivity index is 1.81. The molecule has 0 radical (unpaired) electrons. The van der Waals surface area contributed by atoms with E-state index in [1.165, 1.54) is 26.4 Å². The summed E-state index contributed by atoms with van der Waals surface area (Å²) in [4.78, 5) is 36.0. The van der Waals surface area contributed by atoms with Gasteiger partial charge in [0.05, 0.1) is 25.3 Å². The molecule has 33 heavy (non-hydrogen) atoms. The van der Waals surface area contributed by atoms with Crippen molar-refractivity contribution in [1.82, 2.24) is 0 Å². The Kier molecular flexibility index (Phi) is 7.61. The van der Waals surface area contributed by atoms with Crippen LogP contribution in [-0.2, 0) is 16.1 Å². The second-order valence-electron chi connectivity index (χ2n) is 7.49. The first kappa shape index (κ1) is 23.7. The molecule has 0 N–H and O–H groups in total. The van der Waals surface area contributed by atoms with Crippen LogP contribution < -0.4 is 4.74 Å². The molecule has 0 amide bonds. The number of carbonyl (C=O) groups is 3. The normalized spacial score (nSPS) is 10.4. The number of benzene rings is 3. The number of esters is 2. The van der Waals surface area contributed by atoms with Crippen LogP contribution in [0.5, 0.6) is 5.75 Å². The molecule has 0 aliphatic heterocycles. The molecule has 0 fully saturated rings. The van der Waals surface area contributed by atoms with Crippen LogP contribution in [0.15, 0.2) is 60.7 Å². The minimum absolute atomic E-state index is 0.0768. The van der Waals surface area contributed by atoms with Crippen LogP contribution in [0, 0.1) is 6.92 Å². The highest BCUT2D eigenvalue weighted by atomic mass is 16.5. The number of ether oxygens (including phenoxy) is 3. The Morgan fingerprint density at radius 1 is 0.818 bits per heavy atom. The van der Waals surface area contributed by atoms with Crippen molar-refractivity contribution in [3.05, 3.63) is 88.5 Å². The van der Waals surface area contributed by atoms with Crippen molar-refractivity contribution in [2.45, 2.75) is 26.9 Å². The summed E-state index contributed by atoms with van der Waals surface area (Å²) in [7, 11) is 2.49. The zero-order valence-corrected chi connectivity index (χ0v) is 19.1. The van der Waals surface area contributed by atoms with Crippen LogP contribution in [-0.4, -0.2) is 31.9 Å². The van der Waals surface area contributed by atoms with Gasteiger partial charge in [-0.3, -0.25) is 4.79 Å². The highest BCUT2D eigenvalue weighted by Crippen LogP contribution is 2.27. The number of hydrogen-bond acceptors (Lipinski definition) is 6. The summed E-state index contributed by atoms with van der Waals surface area (Å²) in [6.45, 7) is 4.10. The first-order valence-electron chi connectivity index (χ1n) is 10.5. The van der Waals surface area contributed by atoms with Gasteiger partial charge in [0, 0.05) is 12.0 Å². The van der Waals surface area contributed by atoms with E-state index in [2.05, 4.69) is 0 Å². The van der Waals surface area contributed by atoms with Crippen molar-refractivity contribution in [3.8, 4) is 16.9 Å². The highest BCUT2D eigenvalue weighted by molar-refractivity contribution is 6.03. The largest absolute Gasteiger partial charge is 0.489 e. The van der Waals surface area contributed by atoms with Crippen LogP contribution in [0.25, 0.3) is 11.1 Å². The Hall–Kier alpha value is -3.93. The maximum atomic E-state index is 12.1. The molecule has 0 bridgehead atoms. The van der Waals surface area contributed by atoms with Gasteiger partial charge in [-0.2, -0.15) is 0 Å². The molecule has 3 aromatic carbocycles. The van der Waals surface area contributed by atoms with E-state index in [0.29, 0.717) is 12.2 Å². The topological polar surface area (TPSA) is 78.9 Å². The van der Waals surface area contributed by atoms with Crippen molar-refractivity contribution in [2.75, 3.05) is 14.2 Å². The SMILES string of the molecule is CCC(=O)c1ccc(-c2cccc(COc3ccc(C(=O)OC)c(C(=O)OC)c3)c2)c(C)c1. The van der Waals surface area contributed by atoms with E-state index in [1.54, 1.807) is 6.07 Å². The fourth-order valence-electron chi connectivity index (χ4n) is 3.54. The zero-order chi connectivity index (χ0) is 24.0. The molecule has 0 saturated carbocycles. The summed E-state index contributed by atoms with van der Waals surface area (Å²) in [6, 6.07) is 18.2. The molecule has 3 aromatic rings. The van der Waals surface area contributed by atoms with Crippen LogP contribution >= 0.6 is 0 Å². The van der Waals surface area contributed by atoms with Crippen molar-refractivity contribution in [2.24, 2.45) is 0 Å². The van der Waals surface area contributed by atoms with Crippen LogP contribution in [0.1, 0.15) is 55.5 Å². The summed E-state index contributed by atoms with van der Waals surface area (Å²) in [6.07, 6.45) is 0.476. The molecule has 6 heteroatoms. The molecular formula is C27H26O6. The van der Waals surface area contributed by atoms with Crippen LogP contribution in [0.3, 0.4) is 0 Å². The number of aryl methyl sites for hydroxylation is 1. The van der Waals surface area contributed by atoms with Gasteiger partial charge in [0.1, 0.15) is 12.4 Å². The average Bonchev–Trinajstić information content (AvgIpc) is 2.85. The van der Waals surface area contributed by atoms with E-state index in [9.17, 15) is 14.4 Å². The maximum Gasteiger partial charge on any atom is 0.338 e. The van der Waals surface area contributed by atoms with E-state index < -0.39 is 11.9 Å². The van der Waals surface area contributed by atoms with Gasteiger partial charge in [0.2, 0.25) is 0 Å². The molecule has 0 saturated heterocycles. The fraction of sp³-hybridized carbons (Fsp3) is 0.222. The number of methoxy groups -OCH3 is 2. The van der Waals surface area contributed by atoms with E-state index >= 15 is 0 Å². The minimum Gasteiger partial charge on any atom is -0.489 e. The number of rotatable bonds is 8. The third kappa shape index (κ3) is 5.47. The minimum atomic E-state index is -0.650. The van der Waals surface area contributed by atoms with Crippen molar-refractivity contribution in [3.63, 3.8) is 0 Å². The molecular weight excluding hydrogens is 420 g/mol. The van der Waals surface area contributed by atoms with E-state index in [1.807, 2.05) is 56.3 Å². The van der Waals surface area contributed by atoms with Crippen LogP contribution in [0.2, 0.25) is 0 Å². The fourth-order valence-corrected chi connectivity index (χ4v) is 3.54. The predicted octanol–water partition coefficient (Wildman–Crippen LogP) is 5.41. The van der Waals surface area contributed by atoms with E-state index in [0.717, 1.165) is 27.8 Å². The first-order valence-corrected chi connectivity index (χ1v) is 10.5. The average molecular weight is 446 g/mol. The Bertz CT molecular complexity index is 1190. The lowest BCUT2D eigenvalue weighted by atomic mass is 9.96. The van der Waals surface area contributed by atoms with Gasteiger partial charge in [-0.15, -0.1) is 0 Å². The summed E-state index contributed by atoms with van der Waals surface area (Å²) < 4.78 is 15.4. The number of Topliss-reactive ketones (excluding diaryl/α,β-unsaturated/α-hetero) is 1. The van der Waals surface area contributed by atoms with Gasteiger partial charge < -0.3 is 14.2 Å². The quantitative estimate of drug-likeness (QED) is 0.340. The van der Waals surface area contributed by atoms with E-state index in [4.69, 9.17) is 14.2 Å². The Morgan fingerprint density at radius 3 is 2.21 bits per heavy atom. The lowest BCUT2D eigenvalue weighted by Gasteiger charge is -2.12. The van der Waals surface area contributed by atoms with Gasteiger partial charge in [-0.25, -0.2) is 9.59 Å². The first-order chi connectivity index (χ1) is 15.9. The standard InChI is InChI=1S/C27H26O6/c1-5-25(28)20-9-11-22(17(2)13-20)19-8-6-7-18(14-19)16-33-21-10-12-23(26(29)31-3)24(15-21)27(30)32-4/h6-15H,5,16H2,1-4H3. The molecule has 170 valence electrons. The summed E-state index contributed by atoms with van der Waals surface area (Å²) in [5.74, 6) is -0.733. The monoisotopic (exact) mass is 446 g/mol. The summed E-state index contributed by atoms with van der Waals surface area (Å²) >= 11 is 0. The van der Waals surface area contributed by atoms with Gasteiger partial charge in [0.25, 0.3) is 0 Å². The number of hydrogen-bond donors (Lipinski definition) is 0. The van der Waals surface area contributed by atoms with Gasteiger partial charge in [-0.1, -0.05) is 37.3 Å². The maximum absolute atomic E-state index is 12.1. The Labute approximate surface area is 193 Å². The Morgan fingerprint density at radius 2 is 1.55 bits per heavy atom. The molecule has 0 aliphatic carbocycles. The van der Waals surface area contributed by atoms with Crippen molar-refractivity contribution >= 4 is 17.7 Å². The van der Waals surface area contributed by atoms with Crippen molar-refractivity contribution < 1.29 is 28.6 Å². The zero-order valence-electron chi connectivity index (χ0n) is 19.1. The molecule has 0 unspecified atom stereocenters. The smallest absolute Gasteiger partial charge is 0.338 e. The lowest BCUT2D eigenvalue weighted by molar-refractivity contribution is 0.0555. The second kappa shape index (κ2) is 10.6.